The van der Waals surface area contributed by atoms with Gasteiger partial charge in [-0.15, -0.1) is 0 Å². The van der Waals surface area contributed by atoms with Crippen LogP contribution in [0.5, 0.6) is 0 Å². The maximum absolute atomic E-state index is 6.89. The Bertz CT molecular complexity index is 947. The molecule has 1 saturated heterocycles. The molecule has 3 rings (SSSR count). The van der Waals surface area contributed by atoms with Crippen LogP contribution < -0.4 is 0 Å². The van der Waals surface area contributed by atoms with Crippen LogP contribution in [0.15, 0.2) is 24.5 Å². The number of halogens is 1. The third-order valence-corrected chi connectivity index (χ3v) is 17.1. The molecule has 0 aliphatic carbocycles. The molecule has 0 saturated carbocycles. The van der Waals surface area contributed by atoms with E-state index in [-0.39, 0.29) is 28.5 Å². The molecular weight excluding hydrogens is 456 g/mol. The molecule has 0 spiro atoms. The Hall–Kier alpha value is -0.706. The molecule has 0 N–H and O–H groups in total. The minimum atomic E-state index is -1.96. The van der Waals surface area contributed by atoms with E-state index in [1.165, 1.54) is 0 Å². The highest BCUT2D eigenvalue weighted by molar-refractivity contribution is 6.74. The van der Waals surface area contributed by atoms with E-state index in [4.69, 9.17) is 25.2 Å². The number of aromatic nitrogens is 2. The first-order valence-corrected chi connectivity index (χ1v) is 17.8. The van der Waals surface area contributed by atoms with Crippen molar-refractivity contribution in [3.05, 3.63) is 29.7 Å². The Kier molecular flexibility index (Phi) is 7.14. The van der Waals surface area contributed by atoms with Gasteiger partial charge >= 0.3 is 0 Å². The molecule has 2 aromatic rings. The third-order valence-electron chi connectivity index (χ3n) is 7.76. The van der Waals surface area contributed by atoms with Crippen molar-refractivity contribution in [1.82, 2.24) is 9.55 Å². The molecule has 0 radical (unpaired) electrons. The van der Waals surface area contributed by atoms with Crippen molar-refractivity contribution in [2.75, 3.05) is 6.61 Å². The van der Waals surface area contributed by atoms with Crippen molar-refractivity contribution in [2.24, 2.45) is 0 Å². The Labute approximate surface area is 201 Å². The minimum absolute atomic E-state index is 0.000388. The Morgan fingerprint density at radius 2 is 1.69 bits per heavy atom. The molecule has 180 valence electrons. The fourth-order valence-electron chi connectivity index (χ4n) is 3.51. The first-order valence-electron chi connectivity index (χ1n) is 11.6. The van der Waals surface area contributed by atoms with Crippen LogP contribution in [0.25, 0.3) is 10.9 Å². The van der Waals surface area contributed by atoms with Gasteiger partial charge in [-0.05, 0) is 48.4 Å². The Morgan fingerprint density at radius 3 is 2.28 bits per heavy atom. The lowest BCUT2D eigenvalue weighted by Gasteiger charge is -2.40. The van der Waals surface area contributed by atoms with Crippen LogP contribution in [-0.2, 0) is 13.6 Å². The molecule has 3 atom stereocenters. The molecule has 32 heavy (non-hydrogen) atoms. The van der Waals surface area contributed by atoms with Gasteiger partial charge in [0.2, 0.25) is 0 Å². The summed E-state index contributed by atoms with van der Waals surface area (Å²) >= 11 is 6.31. The highest BCUT2D eigenvalue weighted by Crippen LogP contribution is 2.43. The predicted molar refractivity (Wildman–Crippen MR) is 138 cm³/mol. The molecule has 0 amide bonds. The van der Waals surface area contributed by atoms with Gasteiger partial charge in [0.15, 0.2) is 16.6 Å². The second-order valence-corrected chi connectivity index (χ2v) is 22.0. The zero-order valence-corrected chi connectivity index (χ0v) is 24.2. The summed E-state index contributed by atoms with van der Waals surface area (Å²) in [5, 5.41) is 1.75. The first-order chi connectivity index (χ1) is 14.5. The van der Waals surface area contributed by atoms with Crippen molar-refractivity contribution in [1.29, 1.82) is 0 Å². The SMILES string of the molecule is CC(C)(C)[Si](C)(C)OC[C@H]1O[C@@H](n2ccc3c(Cl)nccc32)C[C@@H]1O[Si](C)(C)C(C)(C)C. The normalized spacial score (nSPS) is 23.3. The van der Waals surface area contributed by atoms with Crippen LogP contribution in [0.3, 0.4) is 0 Å². The maximum Gasteiger partial charge on any atom is 0.192 e. The van der Waals surface area contributed by atoms with Crippen LogP contribution >= 0.6 is 11.6 Å². The lowest BCUT2D eigenvalue weighted by Crippen LogP contribution is -2.48. The number of ether oxygens (including phenoxy) is 1. The topological polar surface area (TPSA) is 45.5 Å². The molecule has 1 aliphatic rings. The van der Waals surface area contributed by atoms with Crippen LogP contribution in [0.2, 0.25) is 41.4 Å². The van der Waals surface area contributed by atoms with E-state index in [0.29, 0.717) is 11.8 Å². The van der Waals surface area contributed by atoms with Gasteiger partial charge in [0.25, 0.3) is 0 Å². The highest BCUT2D eigenvalue weighted by atomic mass is 35.5. The highest BCUT2D eigenvalue weighted by Gasteiger charge is 2.46. The number of rotatable bonds is 6. The van der Waals surface area contributed by atoms with Gasteiger partial charge in [0.05, 0.1) is 18.2 Å². The van der Waals surface area contributed by atoms with Crippen LogP contribution in [0.1, 0.15) is 54.2 Å². The minimum Gasteiger partial charge on any atom is -0.414 e. The average molecular weight is 497 g/mol. The summed E-state index contributed by atoms with van der Waals surface area (Å²) in [6, 6.07) is 4.00. The maximum atomic E-state index is 6.89. The van der Waals surface area contributed by atoms with Gasteiger partial charge in [0.1, 0.15) is 17.5 Å². The van der Waals surface area contributed by atoms with E-state index in [2.05, 4.69) is 77.3 Å². The fraction of sp³-hybridized carbons (Fsp3) is 0.708. The second-order valence-electron chi connectivity index (χ2n) is 12.1. The molecule has 1 aliphatic heterocycles. The van der Waals surface area contributed by atoms with Gasteiger partial charge in [-0.1, -0.05) is 53.1 Å². The Balaban J connectivity index is 1.87. The zero-order chi connectivity index (χ0) is 24.1. The summed E-state index contributed by atoms with van der Waals surface area (Å²) in [5.74, 6) is 0. The van der Waals surface area contributed by atoms with Gasteiger partial charge in [-0.2, -0.15) is 0 Å². The number of hydrogen-bond donors (Lipinski definition) is 0. The summed E-state index contributed by atoms with van der Waals surface area (Å²) in [7, 11) is -3.86. The average Bonchev–Trinajstić information content (AvgIpc) is 3.22. The number of nitrogens with zero attached hydrogens (tertiary/aromatic N) is 2. The number of pyridine rings is 1. The van der Waals surface area contributed by atoms with Crippen molar-refractivity contribution < 1.29 is 13.6 Å². The van der Waals surface area contributed by atoms with Crippen LogP contribution in [0.4, 0.5) is 0 Å². The summed E-state index contributed by atoms with van der Waals surface area (Å²) in [6.07, 6.45) is 4.37. The molecule has 0 aromatic carbocycles. The van der Waals surface area contributed by atoms with Crippen molar-refractivity contribution in [2.45, 2.75) is 103 Å². The molecule has 8 heteroatoms. The summed E-state index contributed by atoms with van der Waals surface area (Å²) in [4.78, 5) is 4.21. The smallest absolute Gasteiger partial charge is 0.192 e. The number of fused-ring (bicyclic) bond motifs is 1. The van der Waals surface area contributed by atoms with Crippen molar-refractivity contribution >= 4 is 39.1 Å². The van der Waals surface area contributed by atoms with Gasteiger partial charge in [-0.25, -0.2) is 4.98 Å². The van der Waals surface area contributed by atoms with E-state index in [1.54, 1.807) is 6.20 Å². The van der Waals surface area contributed by atoms with Gasteiger partial charge in [0, 0.05) is 24.2 Å². The predicted octanol–water partition coefficient (Wildman–Crippen LogP) is 7.39. The summed E-state index contributed by atoms with van der Waals surface area (Å²) < 4.78 is 22.3. The third kappa shape index (κ3) is 5.18. The fourth-order valence-corrected chi connectivity index (χ4v) is 6.10. The molecule has 0 unspecified atom stereocenters. The standard InChI is InChI=1S/C24H41ClN2O3Si2/c1-23(2,3)31(7,8)28-16-20-19(30-32(9,10)24(4,5)6)15-21(29-20)27-14-12-17-18(27)11-13-26-22(17)25/h11-14,19-21H,15-16H2,1-10H3/t19-,20+,21+/m0/s1. The van der Waals surface area contributed by atoms with Gasteiger partial charge < -0.3 is 18.2 Å². The van der Waals surface area contributed by atoms with Crippen LogP contribution in [0, 0.1) is 0 Å². The number of hydrogen-bond acceptors (Lipinski definition) is 4. The molecule has 2 aromatic heterocycles. The zero-order valence-electron chi connectivity index (χ0n) is 21.5. The monoisotopic (exact) mass is 496 g/mol. The van der Waals surface area contributed by atoms with E-state index < -0.39 is 16.6 Å². The summed E-state index contributed by atoms with van der Waals surface area (Å²) in [6.45, 7) is 23.4. The summed E-state index contributed by atoms with van der Waals surface area (Å²) in [5.41, 5.74) is 1.03. The van der Waals surface area contributed by atoms with E-state index in [0.717, 1.165) is 17.3 Å². The molecule has 0 bridgehead atoms. The molecular formula is C24H41ClN2O3Si2. The van der Waals surface area contributed by atoms with Gasteiger partial charge in [-0.3, -0.25) is 0 Å². The first kappa shape index (κ1) is 25.9. The Morgan fingerprint density at radius 1 is 1.06 bits per heavy atom. The van der Waals surface area contributed by atoms with E-state index in [9.17, 15) is 0 Å². The largest absolute Gasteiger partial charge is 0.414 e. The lowest BCUT2D eigenvalue weighted by atomic mass is 10.2. The quantitative estimate of drug-likeness (QED) is 0.309. The van der Waals surface area contributed by atoms with E-state index >= 15 is 0 Å². The lowest BCUT2D eigenvalue weighted by molar-refractivity contribution is -0.0380. The second kappa shape index (κ2) is 8.82. The van der Waals surface area contributed by atoms with Crippen LogP contribution in [-0.4, -0.2) is 45.0 Å². The van der Waals surface area contributed by atoms with E-state index in [1.807, 2.05) is 18.3 Å². The van der Waals surface area contributed by atoms with Crippen molar-refractivity contribution in [3.8, 4) is 0 Å². The molecule has 3 heterocycles. The molecule has 1 fully saturated rings. The van der Waals surface area contributed by atoms with Crippen molar-refractivity contribution in [3.63, 3.8) is 0 Å². The molecule has 5 nitrogen and oxygen atoms in total.